The number of aromatic nitrogens is 2. The van der Waals surface area contributed by atoms with Crippen LogP contribution in [0.25, 0.3) is 5.52 Å². The van der Waals surface area contributed by atoms with E-state index in [0.717, 1.165) is 24.0 Å². The third-order valence-electron chi connectivity index (χ3n) is 5.04. The fourth-order valence-electron chi connectivity index (χ4n) is 3.64. The molecule has 4 rings (SSSR count). The zero-order chi connectivity index (χ0) is 19.7. The molecule has 142 valence electrons. The normalized spacial score (nSPS) is 15.9. The van der Waals surface area contributed by atoms with Gasteiger partial charge in [-0.05, 0) is 31.0 Å². The Labute approximate surface area is 169 Å². The average Bonchev–Trinajstić information content (AvgIpc) is 3.06. The molecule has 1 aliphatic carbocycles. The van der Waals surface area contributed by atoms with Crippen molar-refractivity contribution in [3.63, 3.8) is 0 Å². The zero-order valence-electron chi connectivity index (χ0n) is 15.3. The van der Waals surface area contributed by atoms with Gasteiger partial charge in [0.2, 0.25) is 0 Å². The number of benzene rings is 1. The first kappa shape index (κ1) is 18.8. The molecule has 1 aromatic carbocycles. The molecule has 0 spiro atoms. The third-order valence-corrected chi connectivity index (χ3v) is 5.36. The number of rotatable bonds is 4. The monoisotopic (exact) mass is 395 g/mol. The molecule has 1 fully saturated rings. The predicted molar refractivity (Wildman–Crippen MR) is 113 cm³/mol. The zero-order valence-corrected chi connectivity index (χ0v) is 16.1. The summed E-state index contributed by atoms with van der Waals surface area (Å²) in [6, 6.07) is 6.19. The molecule has 0 aliphatic heterocycles. The summed E-state index contributed by atoms with van der Waals surface area (Å²) in [6.07, 6.45) is 9.23. The molecular formula is C20H20BClFN5. The molecule has 28 heavy (non-hydrogen) atoms. The first-order chi connectivity index (χ1) is 13.5. The van der Waals surface area contributed by atoms with Gasteiger partial charge in [-0.3, -0.25) is 0 Å². The number of fused-ring (bicyclic) bond motifs is 1. The van der Waals surface area contributed by atoms with Crippen LogP contribution in [0.5, 0.6) is 0 Å². The number of aliphatic imine (C=N–C) groups is 1. The van der Waals surface area contributed by atoms with E-state index in [0.29, 0.717) is 22.1 Å². The molecule has 5 nitrogen and oxygen atoms in total. The number of hydrogen-bond donors (Lipinski definition) is 2. The third kappa shape index (κ3) is 3.85. The number of amidine groups is 1. The van der Waals surface area contributed by atoms with Crippen LogP contribution in [0.3, 0.4) is 0 Å². The van der Waals surface area contributed by atoms with Crippen molar-refractivity contribution in [3.8, 4) is 0 Å². The highest BCUT2D eigenvalue weighted by Gasteiger charge is 2.19. The number of nitrogens with two attached hydrogens (primary N) is 1. The van der Waals surface area contributed by atoms with Crippen molar-refractivity contribution in [1.29, 1.82) is 0 Å². The molecule has 2 aromatic heterocycles. The second-order valence-electron chi connectivity index (χ2n) is 7.11. The summed E-state index contributed by atoms with van der Waals surface area (Å²) in [7, 11) is 5.97. The van der Waals surface area contributed by atoms with Crippen LogP contribution < -0.4 is 16.5 Å². The van der Waals surface area contributed by atoms with Crippen molar-refractivity contribution in [1.82, 2.24) is 9.61 Å². The summed E-state index contributed by atoms with van der Waals surface area (Å²) in [6.45, 7) is 0. The lowest BCUT2D eigenvalue weighted by Crippen LogP contribution is -2.25. The Morgan fingerprint density at radius 3 is 2.86 bits per heavy atom. The Bertz CT molecular complexity index is 1040. The van der Waals surface area contributed by atoms with E-state index in [9.17, 15) is 4.39 Å². The van der Waals surface area contributed by atoms with Gasteiger partial charge in [0.25, 0.3) is 0 Å². The highest BCUT2D eigenvalue weighted by atomic mass is 35.5. The average molecular weight is 396 g/mol. The minimum Gasteiger partial charge on any atom is -0.383 e. The van der Waals surface area contributed by atoms with Gasteiger partial charge in [0.1, 0.15) is 19.5 Å². The Balaban J connectivity index is 1.79. The van der Waals surface area contributed by atoms with Crippen molar-refractivity contribution in [2.24, 2.45) is 10.7 Å². The lowest BCUT2D eigenvalue weighted by Gasteiger charge is -2.25. The number of nitrogens with zero attached hydrogens (tertiary/aromatic N) is 3. The van der Waals surface area contributed by atoms with Crippen LogP contribution in [-0.4, -0.2) is 29.3 Å². The standard InChI is InChI=1S/C20H20BClFN5/c21-12-8-18-19(26-14-4-2-1-3-5-14)15(10-25-28(18)11-12)20(24)27-17-9-13(23)6-7-16(17)22/h6-11,14,26H,1-5H2,(H2,24,27). The van der Waals surface area contributed by atoms with Crippen molar-refractivity contribution >= 4 is 47.6 Å². The molecule has 1 aliphatic rings. The second-order valence-corrected chi connectivity index (χ2v) is 7.52. The van der Waals surface area contributed by atoms with Crippen LogP contribution in [0, 0.1) is 5.82 Å². The summed E-state index contributed by atoms with van der Waals surface area (Å²) in [5.41, 5.74) is 9.47. The maximum atomic E-state index is 13.6. The molecule has 0 unspecified atom stereocenters. The van der Waals surface area contributed by atoms with Gasteiger partial charge in [-0.25, -0.2) is 13.9 Å². The molecular weight excluding hydrogens is 376 g/mol. The number of nitrogens with one attached hydrogen (secondary N) is 1. The minimum absolute atomic E-state index is 0.209. The smallest absolute Gasteiger partial charge is 0.135 e. The molecule has 0 atom stereocenters. The quantitative estimate of drug-likeness (QED) is 0.402. The Morgan fingerprint density at radius 1 is 1.29 bits per heavy atom. The van der Waals surface area contributed by atoms with Crippen molar-refractivity contribution in [2.45, 2.75) is 38.1 Å². The van der Waals surface area contributed by atoms with Crippen LogP contribution in [0.4, 0.5) is 15.8 Å². The summed E-state index contributed by atoms with van der Waals surface area (Å²) in [4.78, 5) is 4.36. The lowest BCUT2D eigenvalue weighted by atomic mass is 9.95. The van der Waals surface area contributed by atoms with Gasteiger partial charge in [0.05, 0.1) is 33.7 Å². The number of halogens is 2. The maximum absolute atomic E-state index is 13.6. The maximum Gasteiger partial charge on any atom is 0.135 e. The first-order valence-electron chi connectivity index (χ1n) is 9.34. The Hall–Kier alpha value is -2.54. The molecule has 3 aromatic rings. The summed E-state index contributed by atoms with van der Waals surface area (Å²) >= 11 is 6.14. The highest BCUT2D eigenvalue weighted by Crippen LogP contribution is 2.29. The Kier molecular flexibility index (Phi) is 5.26. The van der Waals surface area contributed by atoms with Crippen LogP contribution in [0.15, 0.2) is 41.7 Å². The SMILES string of the molecule is [B]c1cc2c(NC3CCCCC3)c(C(N)=Nc3cc(F)ccc3Cl)cnn2c1. The lowest BCUT2D eigenvalue weighted by molar-refractivity contribution is 0.463. The molecule has 0 amide bonds. The van der Waals surface area contributed by atoms with E-state index in [2.05, 4.69) is 15.4 Å². The Morgan fingerprint density at radius 2 is 2.07 bits per heavy atom. The van der Waals surface area contributed by atoms with Gasteiger partial charge >= 0.3 is 0 Å². The van der Waals surface area contributed by atoms with E-state index in [1.165, 1.54) is 37.5 Å². The van der Waals surface area contributed by atoms with Gasteiger partial charge in [-0.15, -0.1) is 0 Å². The van der Waals surface area contributed by atoms with Crippen molar-refractivity contribution < 1.29 is 4.39 Å². The molecule has 8 heteroatoms. The van der Waals surface area contributed by atoms with Crippen LogP contribution in [0.2, 0.25) is 5.02 Å². The fourth-order valence-corrected chi connectivity index (χ4v) is 3.79. The molecule has 2 heterocycles. The molecule has 0 saturated heterocycles. The van der Waals surface area contributed by atoms with Gasteiger partial charge in [-0.2, -0.15) is 5.10 Å². The predicted octanol–water partition coefficient (Wildman–Crippen LogP) is 3.70. The van der Waals surface area contributed by atoms with E-state index < -0.39 is 5.82 Å². The number of hydrogen-bond acceptors (Lipinski definition) is 3. The van der Waals surface area contributed by atoms with Gasteiger partial charge < -0.3 is 11.1 Å². The van der Waals surface area contributed by atoms with E-state index in [1.54, 1.807) is 16.9 Å². The summed E-state index contributed by atoms with van der Waals surface area (Å²) in [5.74, 6) is -0.218. The van der Waals surface area contributed by atoms with E-state index in [4.69, 9.17) is 25.2 Å². The van der Waals surface area contributed by atoms with Crippen molar-refractivity contribution in [3.05, 3.63) is 53.1 Å². The fraction of sp³-hybridized carbons (Fsp3) is 0.300. The van der Waals surface area contributed by atoms with Crippen molar-refractivity contribution in [2.75, 3.05) is 5.32 Å². The van der Waals surface area contributed by atoms with E-state index >= 15 is 0 Å². The second kappa shape index (κ2) is 7.83. The number of anilines is 1. The summed E-state index contributed by atoms with van der Waals surface area (Å²) < 4.78 is 15.3. The first-order valence-corrected chi connectivity index (χ1v) is 9.72. The van der Waals surface area contributed by atoms with Crippen LogP contribution in [-0.2, 0) is 0 Å². The topological polar surface area (TPSA) is 67.7 Å². The molecule has 3 N–H and O–H groups in total. The van der Waals surface area contributed by atoms with E-state index in [1.807, 2.05) is 6.07 Å². The largest absolute Gasteiger partial charge is 0.383 e. The van der Waals surface area contributed by atoms with Crippen LogP contribution in [0.1, 0.15) is 37.7 Å². The van der Waals surface area contributed by atoms with Gasteiger partial charge in [0, 0.05) is 18.3 Å². The highest BCUT2D eigenvalue weighted by molar-refractivity contribution is 6.33. The van der Waals surface area contributed by atoms with Gasteiger partial charge in [0.15, 0.2) is 0 Å². The molecule has 0 bridgehead atoms. The van der Waals surface area contributed by atoms with Crippen LogP contribution >= 0.6 is 11.6 Å². The molecule has 1 saturated carbocycles. The minimum atomic E-state index is -0.426. The van der Waals surface area contributed by atoms with E-state index in [-0.39, 0.29) is 11.5 Å². The summed E-state index contributed by atoms with van der Waals surface area (Å²) in [5, 5.41) is 8.33. The van der Waals surface area contributed by atoms with Gasteiger partial charge in [-0.1, -0.05) is 36.3 Å². The molecule has 2 radical (unpaired) electrons.